The first kappa shape index (κ1) is 16.2. The van der Waals surface area contributed by atoms with Gasteiger partial charge in [0, 0.05) is 29.1 Å². The summed E-state index contributed by atoms with van der Waals surface area (Å²) >= 11 is 1.41. The molecule has 4 heteroatoms. The molecular formula is C21H19NO2S. The molecule has 1 aliphatic heterocycles. The molecule has 0 spiro atoms. The van der Waals surface area contributed by atoms with Crippen LogP contribution in [-0.2, 0) is 0 Å². The Labute approximate surface area is 151 Å². The maximum atomic E-state index is 13.2. The van der Waals surface area contributed by atoms with E-state index in [4.69, 9.17) is 0 Å². The molecule has 2 aromatic rings. The number of thioether (sulfide) groups is 1. The molecule has 1 fully saturated rings. The normalized spacial score (nSPS) is 17.7. The molecule has 3 nitrogen and oxygen atoms in total. The van der Waals surface area contributed by atoms with Gasteiger partial charge in [-0.2, -0.15) is 0 Å². The van der Waals surface area contributed by atoms with Gasteiger partial charge >= 0.3 is 0 Å². The van der Waals surface area contributed by atoms with Crippen molar-refractivity contribution in [3.05, 3.63) is 76.3 Å². The molecular weight excluding hydrogens is 330 g/mol. The van der Waals surface area contributed by atoms with Crippen LogP contribution in [-0.4, -0.2) is 29.6 Å². The van der Waals surface area contributed by atoms with Crippen LogP contribution in [0.2, 0.25) is 0 Å². The smallest absolute Gasteiger partial charge is 0.211 e. The van der Waals surface area contributed by atoms with Gasteiger partial charge in [0.25, 0.3) is 0 Å². The molecule has 1 aliphatic carbocycles. The highest BCUT2D eigenvalue weighted by Gasteiger charge is 2.35. The highest BCUT2D eigenvalue weighted by Crippen LogP contribution is 2.38. The second kappa shape index (κ2) is 6.89. The fourth-order valence-electron chi connectivity index (χ4n) is 3.45. The van der Waals surface area contributed by atoms with Crippen molar-refractivity contribution < 1.29 is 9.59 Å². The van der Waals surface area contributed by atoms with Crippen LogP contribution in [0, 0.1) is 0 Å². The van der Waals surface area contributed by atoms with Gasteiger partial charge in [-0.3, -0.25) is 9.59 Å². The lowest BCUT2D eigenvalue weighted by molar-refractivity contribution is 0.0941. The average molecular weight is 349 g/mol. The zero-order chi connectivity index (χ0) is 17.2. The molecule has 0 bridgehead atoms. The fourth-order valence-corrected chi connectivity index (χ4v) is 4.50. The number of carbonyl (C=O) groups is 2. The Morgan fingerprint density at radius 1 is 0.720 bits per heavy atom. The summed E-state index contributed by atoms with van der Waals surface area (Å²) in [6, 6.07) is 17.0. The minimum atomic E-state index is -0.0374. The van der Waals surface area contributed by atoms with Gasteiger partial charge < -0.3 is 4.90 Å². The van der Waals surface area contributed by atoms with E-state index in [0.717, 1.165) is 30.8 Å². The summed E-state index contributed by atoms with van der Waals surface area (Å²) in [6.45, 7) is 1.69. The Hall–Kier alpha value is -2.33. The maximum Gasteiger partial charge on any atom is 0.211 e. The van der Waals surface area contributed by atoms with Crippen LogP contribution in [0.15, 0.2) is 70.1 Å². The van der Waals surface area contributed by atoms with E-state index in [2.05, 4.69) is 4.90 Å². The highest BCUT2D eigenvalue weighted by atomic mass is 32.2. The van der Waals surface area contributed by atoms with Gasteiger partial charge in [-0.15, -0.1) is 0 Å². The monoisotopic (exact) mass is 349 g/mol. The molecule has 25 heavy (non-hydrogen) atoms. The number of benzene rings is 2. The van der Waals surface area contributed by atoms with Crippen molar-refractivity contribution in [2.75, 3.05) is 13.1 Å². The number of ketones is 2. The predicted molar refractivity (Wildman–Crippen MR) is 99.9 cm³/mol. The van der Waals surface area contributed by atoms with Crippen LogP contribution in [0.25, 0.3) is 0 Å². The zero-order valence-corrected chi connectivity index (χ0v) is 14.7. The number of hydrogen-bond acceptors (Lipinski definition) is 4. The lowest BCUT2D eigenvalue weighted by Gasteiger charge is -2.33. The Morgan fingerprint density at radius 2 is 1.32 bits per heavy atom. The average Bonchev–Trinajstić information content (AvgIpc) is 2.68. The van der Waals surface area contributed by atoms with Gasteiger partial charge in [0.15, 0.2) is 0 Å². The van der Waals surface area contributed by atoms with Crippen molar-refractivity contribution >= 4 is 23.3 Å². The standard InChI is InChI=1S/C21H19NO2S/c23-19-16-11-5-6-12-17(16)20(24)21(25-15-9-3-1-4-10-15)18(19)22-13-7-2-8-14-22/h1,3-6,9-12H,2,7-8,13-14H2. The van der Waals surface area contributed by atoms with E-state index in [1.54, 1.807) is 12.1 Å². The molecule has 4 rings (SSSR count). The summed E-state index contributed by atoms with van der Waals surface area (Å²) in [6.07, 6.45) is 3.31. The number of rotatable bonds is 3. The molecule has 0 N–H and O–H groups in total. The maximum absolute atomic E-state index is 13.2. The van der Waals surface area contributed by atoms with E-state index in [0.29, 0.717) is 21.7 Å². The van der Waals surface area contributed by atoms with Gasteiger partial charge in [0.05, 0.1) is 4.91 Å². The highest BCUT2D eigenvalue weighted by molar-refractivity contribution is 8.04. The largest absolute Gasteiger partial charge is 0.367 e. The first-order valence-electron chi connectivity index (χ1n) is 8.66. The second-order valence-corrected chi connectivity index (χ2v) is 7.43. The van der Waals surface area contributed by atoms with E-state index < -0.39 is 0 Å². The minimum absolute atomic E-state index is 0.0180. The van der Waals surface area contributed by atoms with Crippen molar-refractivity contribution in [1.29, 1.82) is 0 Å². The number of nitrogens with zero attached hydrogens (tertiary/aromatic N) is 1. The van der Waals surface area contributed by atoms with Crippen molar-refractivity contribution in [1.82, 2.24) is 4.90 Å². The molecule has 0 saturated carbocycles. The lowest BCUT2D eigenvalue weighted by Crippen LogP contribution is -2.36. The number of hydrogen-bond donors (Lipinski definition) is 0. The molecule has 2 aromatic carbocycles. The van der Waals surface area contributed by atoms with Crippen LogP contribution in [0.5, 0.6) is 0 Å². The molecule has 0 atom stereocenters. The van der Waals surface area contributed by atoms with Gasteiger partial charge in [-0.1, -0.05) is 54.2 Å². The summed E-state index contributed by atoms with van der Waals surface area (Å²) < 4.78 is 0. The predicted octanol–water partition coefficient (Wildman–Crippen LogP) is 4.56. The van der Waals surface area contributed by atoms with E-state index in [1.807, 2.05) is 42.5 Å². The van der Waals surface area contributed by atoms with Crippen LogP contribution < -0.4 is 0 Å². The number of likely N-dealkylation sites (tertiary alicyclic amines) is 1. The number of fused-ring (bicyclic) bond motifs is 1. The number of allylic oxidation sites excluding steroid dienone is 2. The summed E-state index contributed by atoms with van der Waals surface area (Å²) in [7, 11) is 0. The lowest BCUT2D eigenvalue weighted by atomic mass is 9.91. The van der Waals surface area contributed by atoms with Crippen molar-refractivity contribution in [2.24, 2.45) is 0 Å². The molecule has 0 aromatic heterocycles. The van der Waals surface area contributed by atoms with E-state index in [-0.39, 0.29) is 11.6 Å². The molecule has 0 amide bonds. The first-order valence-corrected chi connectivity index (χ1v) is 9.48. The number of Topliss-reactive ketones (excluding diaryl/α,β-unsaturated/α-hetero) is 2. The van der Waals surface area contributed by atoms with Crippen molar-refractivity contribution in [3.63, 3.8) is 0 Å². The van der Waals surface area contributed by atoms with E-state index in [9.17, 15) is 9.59 Å². The Bertz CT molecular complexity index is 851. The van der Waals surface area contributed by atoms with Crippen LogP contribution >= 0.6 is 11.8 Å². The zero-order valence-electron chi connectivity index (χ0n) is 13.9. The third kappa shape index (κ3) is 3.02. The SMILES string of the molecule is O=C1C(Sc2ccccc2)=C(N2CCCCC2)C(=O)c2ccccc21. The van der Waals surface area contributed by atoms with Gasteiger partial charge in [-0.05, 0) is 31.4 Å². The molecule has 126 valence electrons. The Balaban J connectivity index is 1.82. The fraction of sp³-hybridized carbons (Fsp3) is 0.238. The Morgan fingerprint density at radius 3 is 2.00 bits per heavy atom. The minimum Gasteiger partial charge on any atom is -0.367 e. The molecule has 1 heterocycles. The summed E-state index contributed by atoms with van der Waals surface area (Å²) in [5, 5.41) is 0. The topological polar surface area (TPSA) is 37.4 Å². The van der Waals surface area contributed by atoms with Gasteiger partial charge in [-0.25, -0.2) is 0 Å². The summed E-state index contributed by atoms with van der Waals surface area (Å²) in [4.78, 5) is 30.0. The third-order valence-corrected chi connectivity index (χ3v) is 5.78. The second-order valence-electron chi connectivity index (χ2n) is 6.34. The molecule has 1 saturated heterocycles. The molecule has 0 unspecified atom stereocenters. The van der Waals surface area contributed by atoms with Gasteiger partial charge in [0.1, 0.15) is 5.70 Å². The molecule has 2 aliphatic rings. The number of carbonyl (C=O) groups excluding carboxylic acids is 2. The quantitative estimate of drug-likeness (QED) is 0.814. The van der Waals surface area contributed by atoms with E-state index in [1.165, 1.54) is 18.2 Å². The molecule has 0 radical (unpaired) electrons. The summed E-state index contributed by atoms with van der Waals surface area (Å²) in [5.74, 6) is -0.0554. The van der Waals surface area contributed by atoms with Gasteiger partial charge in [0.2, 0.25) is 11.6 Å². The Kier molecular flexibility index (Phi) is 4.45. The van der Waals surface area contributed by atoms with Crippen molar-refractivity contribution in [2.45, 2.75) is 24.2 Å². The van der Waals surface area contributed by atoms with Crippen molar-refractivity contribution in [3.8, 4) is 0 Å². The van der Waals surface area contributed by atoms with E-state index >= 15 is 0 Å². The third-order valence-electron chi connectivity index (χ3n) is 4.69. The number of piperidine rings is 1. The van der Waals surface area contributed by atoms with Crippen LogP contribution in [0.3, 0.4) is 0 Å². The summed E-state index contributed by atoms with van der Waals surface area (Å²) in [5.41, 5.74) is 1.65. The van der Waals surface area contributed by atoms with Crippen LogP contribution in [0.4, 0.5) is 0 Å². The first-order chi connectivity index (χ1) is 12.3. The van der Waals surface area contributed by atoms with Crippen LogP contribution in [0.1, 0.15) is 40.0 Å².